The molecule has 4 rings (SSSR count). The van der Waals surface area contributed by atoms with Crippen LogP contribution in [-0.4, -0.2) is 45.2 Å². The van der Waals surface area contributed by atoms with Crippen LogP contribution in [0.15, 0.2) is 30.3 Å². The fourth-order valence-corrected chi connectivity index (χ4v) is 5.54. The molecule has 2 fully saturated rings. The minimum Gasteiger partial charge on any atom is -0.493 e. The Bertz CT molecular complexity index is 1190. The maximum Gasteiger partial charge on any atom is 0.267 e. The van der Waals surface area contributed by atoms with Crippen molar-refractivity contribution in [3.05, 3.63) is 62.9 Å². The van der Waals surface area contributed by atoms with Gasteiger partial charge in [-0.3, -0.25) is 9.69 Å². The van der Waals surface area contributed by atoms with Gasteiger partial charge in [0.1, 0.15) is 11.6 Å². The number of carbonyl (C=O) groups excluding carboxylic acids is 1. The van der Waals surface area contributed by atoms with E-state index in [1.165, 1.54) is 12.1 Å². The molecule has 1 N–H and O–H groups in total. The molecule has 0 spiro atoms. The van der Waals surface area contributed by atoms with E-state index in [0.29, 0.717) is 28.3 Å². The SMILES string of the molecule is C[C@H](c1cc(Cl)cc(Cl)c1)N1CCC(COc2cc(F)c(C(=O)NS(C)(=O)=O)cc2C2CC2)CC1. The molecule has 0 aromatic heterocycles. The van der Waals surface area contributed by atoms with Gasteiger partial charge < -0.3 is 4.74 Å². The van der Waals surface area contributed by atoms with E-state index in [2.05, 4.69) is 11.8 Å². The third-order valence-corrected chi connectivity index (χ3v) is 7.67. The summed E-state index contributed by atoms with van der Waals surface area (Å²) in [4.78, 5) is 14.6. The molecule has 2 aromatic rings. The van der Waals surface area contributed by atoms with Gasteiger partial charge >= 0.3 is 0 Å². The molecule has 35 heavy (non-hydrogen) atoms. The molecule has 2 aromatic carbocycles. The lowest BCUT2D eigenvalue weighted by Gasteiger charge is -2.36. The van der Waals surface area contributed by atoms with Crippen LogP contribution in [0.5, 0.6) is 5.75 Å². The van der Waals surface area contributed by atoms with E-state index >= 15 is 0 Å². The maximum atomic E-state index is 14.7. The van der Waals surface area contributed by atoms with Gasteiger partial charge in [0.05, 0.1) is 18.4 Å². The smallest absolute Gasteiger partial charge is 0.267 e. The van der Waals surface area contributed by atoms with Gasteiger partial charge in [-0.05, 0) is 92.9 Å². The molecule has 190 valence electrons. The highest BCUT2D eigenvalue weighted by atomic mass is 35.5. The summed E-state index contributed by atoms with van der Waals surface area (Å²) in [5.41, 5.74) is 1.56. The van der Waals surface area contributed by atoms with Crippen LogP contribution in [-0.2, 0) is 10.0 Å². The van der Waals surface area contributed by atoms with Gasteiger partial charge in [0.15, 0.2) is 0 Å². The van der Waals surface area contributed by atoms with Crippen molar-refractivity contribution in [2.75, 3.05) is 26.0 Å². The number of nitrogens with one attached hydrogen (secondary N) is 1. The van der Waals surface area contributed by atoms with Gasteiger partial charge in [-0.25, -0.2) is 17.5 Å². The van der Waals surface area contributed by atoms with Crippen molar-refractivity contribution in [3.63, 3.8) is 0 Å². The molecule has 1 amide bonds. The first-order chi connectivity index (χ1) is 16.5. The van der Waals surface area contributed by atoms with Crippen molar-refractivity contribution in [2.45, 2.75) is 44.6 Å². The summed E-state index contributed by atoms with van der Waals surface area (Å²) in [5.74, 6) is -0.812. The molecule has 1 atom stereocenters. The Morgan fingerprint density at radius 3 is 2.31 bits per heavy atom. The highest BCUT2D eigenvalue weighted by Gasteiger charge is 2.31. The second-order valence-electron chi connectivity index (χ2n) is 9.52. The standard InChI is InChI=1S/C25H29Cl2FN2O4S/c1-15(18-9-19(26)11-20(27)10-18)30-7-5-16(6-8-30)14-34-24-13-23(28)22(12-21(24)17-3-4-17)25(31)29-35(2,32)33/h9-13,15-17H,3-8,14H2,1-2H3,(H,29,31)/t15-/m1/s1. The zero-order chi connectivity index (χ0) is 25.3. The first-order valence-electron chi connectivity index (χ1n) is 11.7. The largest absolute Gasteiger partial charge is 0.493 e. The molecule has 10 heteroatoms. The minimum atomic E-state index is -3.79. The quantitative estimate of drug-likeness (QED) is 0.473. The number of amides is 1. The Kier molecular flexibility index (Phi) is 7.95. The average molecular weight is 543 g/mol. The number of carbonyl (C=O) groups is 1. The van der Waals surface area contributed by atoms with Crippen LogP contribution in [0.1, 0.15) is 66.1 Å². The van der Waals surface area contributed by atoms with Crippen LogP contribution >= 0.6 is 23.2 Å². The van der Waals surface area contributed by atoms with E-state index in [-0.39, 0.29) is 17.5 Å². The number of rotatable bonds is 8. The van der Waals surface area contributed by atoms with Gasteiger partial charge in [-0.1, -0.05) is 23.2 Å². The number of hydrogen-bond donors (Lipinski definition) is 1. The van der Waals surface area contributed by atoms with Gasteiger partial charge in [0.2, 0.25) is 10.0 Å². The number of halogens is 3. The lowest BCUT2D eigenvalue weighted by Crippen LogP contribution is -2.37. The Morgan fingerprint density at radius 1 is 1.11 bits per heavy atom. The molecule has 0 bridgehead atoms. The van der Waals surface area contributed by atoms with Crippen LogP contribution < -0.4 is 9.46 Å². The number of nitrogens with zero attached hydrogens (tertiary/aromatic N) is 1. The minimum absolute atomic E-state index is 0.189. The van der Waals surface area contributed by atoms with Crippen molar-refractivity contribution in [1.82, 2.24) is 9.62 Å². The highest BCUT2D eigenvalue weighted by Crippen LogP contribution is 2.45. The van der Waals surface area contributed by atoms with Crippen LogP contribution in [0.25, 0.3) is 0 Å². The summed E-state index contributed by atoms with van der Waals surface area (Å²) in [5, 5.41) is 1.25. The number of piperidine rings is 1. The predicted octanol–water partition coefficient (Wildman–Crippen LogP) is 5.55. The van der Waals surface area contributed by atoms with Crippen LogP contribution in [0, 0.1) is 11.7 Å². The number of hydrogen-bond acceptors (Lipinski definition) is 5. The molecular formula is C25H29Cl2FN2O4S. The molecule has 0 radical (unpaired) electrons. The number of ether oxygens (including phenoxy) is 1. The molecule has 1 saturated heterocycles. The van der Waals surface area contributed by atoms with Crippen molar-refractivity contribution >= 4 is 39.1 Å². The van der Waals surface area contributed by atoms with Crippen LogP contribution in [0.2, 0.25) is 10.0 Å². The van der Waals surface area contributed by atoms with Crippen molar-refractivity contribution in [3.8, 4) is 5.75 Å². The molecule has 0 unspecified atom stereocenters. The van der Waals surface area contributed by atoms with E-state index < -0.39 is 21.7 Å². The average Bonchev–Trinajstić information content (AvgIpc) is 3.61. The number of benzene rings is 2. The van der Waals surface area contributed by atoms with E-state index in [9.17, 15) is 17.6 Å². The Morgan fingerprint density at radius 2 is 1.74 bits per heavy atom. The van der Waals surface area contributed by atoms with Gasteiger partial charge in [0, 0.05) is 22.2 Å². The Balaban J connectivity index is 1.38. The molecule has 1 saturated carbocycles. The molecular weight excluding hydrogens is 514 g/mol. The second-order valence-corrected chi connectivity index (χ2v) is 12.1. The van der Waals surface area contributed by atoms with Gasteiger partial charge in [0.25, 0.3) is 5.91 Å². The lowest BCUT2D eigenvalue weighted by atomic mass is 9.95. The molecule has 1 aliphatic carbocycles. The molecule has 2 aliphatic rings. The van der Waals surface area contributed by atoms with E-state index in [1.54, 1.807) is 6.07 Å². The third kappa shape index (κ3) is 6.88. The topological polar surface area (TPSA) is 75.7 Å². The summed E-state index contributed by atoms with van der Waals surface area (Å²) < 4.78 is 45.4. The molecule has 6 nitrogen and oxygen atoms in total. The highest BCUT2D eigenvalue weighted by molar-refractivity contribution is 7.89. The second kappa shape index (κ2) is 10.6. The summed E-state index contributed by atoms with van der Waals surface area (Å²) >= 11 is 12.3. The normalized spacial score (nSPS) is 18.3. The molecule has 1 aliphatic heterocycles. The summed E-state index contributed by atoms with van der Waals surface area (Å²) in [7, 11) is -3.79. The van der Waals surface area contributed by atoms with Crippen molar-refractivity contribution in [2.24, 2.45) is 5.92 Å². The number of sulfonamides is 1. The Labute approximate surface area is 215 Å². The first kappa shape index (κ1) is 26.2. The molecule has 1 heterocycles. The fraction of sp³-hybridized carbons (Fsp3) is 0.480. The maximum absolute atomic E-state index is 14.7. The zero-order valence-electron chi connectivity index (χ0n) is 19.7. The van der Waals surface area contributed by atoms with Crippen molar-refractivity contribution < 1.29 is 22.3 Å². The van der Waals surface area contributed by atoms with E-state index in [4.69, 9.17) is 27.9 Å². The lowest BCUT2D eigenvalue weighted by molar-refractivity contribution is 0.0977. The van der Waals surface area contributed by atoms with Crippen LogP contribution in [0.4, 0.5) is 4.39 Å². The third-order valence-electron chi connectivity index (χ3n) is 6.68. The van der Waals surface area contributed by atoms with Gasteiger partial charge in [-0.15, -0.1) is 0 Å². The van der Waals surface area contributed by atoms with E-state index in [0.717, 1.165) is 56.2 Å². The summed E-state index contributed by atoms with van der Waals surface area (Å²) in [6, 6.07) is 8.46. The van der Waals surface area contributed by atoms with Crippen molar-refractivity contribution in [1.29, 1.82) is 0 Å². The van der Waals surface area contributed by atoms with Gasteiger partial charge in [-0.2, -0.15) is 0 Å². The first-order valence-corrected chi connectivity index (χ1v) is 14.3. The zero-order valence-corrected chi connectivity index (χ0v) is 22.0. The number of likely N-dealkylation sites (tertiary alicyclic amines) is 1. The van der Waals surface area contributed by atoms with E-state index in [1.807, 2.05) is 16.9 Å². The predicted molar refractivity (Wildman–Crippen MR) is 135 cm³/mol. The van der Waals surface area contributed by atoms with Crippen LogP contribution in [0.3, 0.4) is 0 Å². The summed E-state index contributed by atoms with van der Waals surface area (Å²) in [6.45, 7) is 4.39. The summed E-state index contributed by atoms with van der Waals surface area (Å²) in [6.07, 6.45) is 4.60. The Hall–Kier alpha value is -1.87. The fourth-order valence-electron chi connectivity index (χ4n) is 4.55. The monoisotopic (exact) mass is 542 g/mol.